The lowest BCUT2D eigenvalue weighted by molar-refractivity contribution is -0.147. The van der Waals surface area contributed by atoms with Gasteiger partial charge in [0.15, 0.2) is 5.54 Å². The number of hydrogen-bond acceptors (Lipinski definition) is 4. The van der Waals surface area contributed by atoms with Gasteiger partial charge in [-0.25, -0.2) is 9.59 Å². The second-order valence-corrected chi connectivity index (χ2v) is 7.46. The second kappa shape index (κ2) is 8.62. The van der Waals surface area contributed by atoms with E-state index >= 15 is 0 Å². The molecule has 3 aromatic rings. The topological polar surface area (TPSA) is 84.9 Å². The molecule has 1 amide bonds. The molecule has 1 aliphatic rings. The van der Waals surface area contributed by atoms with E-state index < -0.39 is 17.6 Å². The Morgan fingerprint density at radius 3 is 2.00 bits per heavy atom. The molecule has 2 N–H and O–H groups in total. The Kier molecular flexibility index (Phi) is 5.73. The number of ether oxygens (including phenoxy) is 2. The zero-order valence-corrected chi connectivity index (χ0v) is 17.1. The van der Waals surface area contributed by atoms with E-state index in [9.17, 15) is 14.7 Å². The third kappa shape index (κ3) is 3.78. The molecule has 6 nitrogen and oxygen atoms in total. The largest absolute Gasteiger partial charge is 0.479 e. The fourth-order valence-electron chi connectivity index (χ4n) is 4.18. The van der Waals surface area contributed by atoms with Crippen molar-refractivity contribution in [3.8, 4) is 11.1 Å². The summed E-state index contributed by atoms with van der Waals surface area (Å²) in [6.45, 7) is -0.145. The Hall–Kier alpha value is -3.64. The van der Waals surface area contributed by atoms with E-state index in [4.69, 9.17) is 9.47 Å². The van der Waals surface area contributed by atoms with Crippen LogP contribution in [-0.4, -0.2) is 37.5 Å². The average molecular weight is 417 g/mol. The van der Waals surface area contributed by atoms with Crippen LogP contribution in [0.15, 0.2) is 78.9 Å². The Morgan fingerprint density at radius 1 is 0.903 bits per heavy atom. The van der Waals surface area contributed by atoms with Gasteiger partial charge in [-0.3, -0.25) is 5.32 Å². The van der Waals surface area contributed by atoms with Crippen molar-refractivity contribution in [3.05, 3.63) is 95.6 Å². The van der Waals surface area contributed by atoms with Gasteiger partial charge in [0.1, 0.15) is 6.61 Å². The molecule has 0 fully saturated rings. The first-order valence-electron chi connectivity index (χ1n) is 9.98. The highest BCUT2D eigenvalue weighted by Gasteiger charge is 2.43. The zero-order chi connectivity index (χ0) is 21.8. The predicted molar refractivity (Wildman–Crippen MR) is 116 cm³/mol. The molecule has 1 aliphatic carbocycles. The quantitative estimate of drug-likeness (QED) is 0.603. The third-order valence-electron chi connectivity index (χ3n) is 5.65. The Bertz CT molecular complexity index is 1050. The summed E-state index contributed by atoms with van der Waals surface area (Å²) >= 11 is 0. The summed E-state index contributed by atoms with van der Waals surface area (Å²) in [6, 6.07) is 24.5. The first-order valence-corrected chi connectivity index (χ1v) is 9.98. The van der Waals surface area contributed by atoms with Gasteiger partial charge in [0.25, 0.3) is 0 Å². The Balaban J connectivity index is 1.55. The van der Waals surface area contributed by atoms with Crippen LogP contribution in [0.5, 0.6) is 0 Å². The molecule has 0 bridgehead atoms. The van der Waals surface area contributed by atoms with Crippen LogP contribution in [0.4, 0.5) is 4.79 Å². The molecule has 0 saturated heterocycles. The van der Waals surface area contributed by atoms with Crippen LogP contribution in [0.25, 0.3) is 11.1 Å². The van der Waals surface area contributed by atoms with E-state index in [1.807, 2.05) is 36.4 Å². The van der Waals surface area contributed by atoms with Crippen molar-refractivity contribution in [2.45, 2.75) is 11.5 Å². The number of alkyl carbamates (subject to hydrolysis) is 1. The summed E-state index contributed by atoms with van der Waals surface area (Å²) in [5.41, 5.74) is 3.06. The molecule has 0 aromatic heterocycles. The molecule has 0 saturated carbocycles. The van der Waals surface area contributed by atoms with Gasteiger partial charge < -0.3 is 14.6 Å². The number of hydrogen-bond donors (Lipinski definition) is 2. The van der Waals surface area contributed by atoms with E-state index in [1.54, 1.807) is 30.3 Å². The second-order valence-electron chi connectivity index (χ2n) is 7.46. The highest BCUT2D eigenvalue weighted by molar-refractivity contribution is 5.86. The first kappa shape index (κ1) is 20.6. The van der Waals surface area contributed by atoms with Crippen LogP contribution in [0.3, 0.4) is 0 Å². The van der Waals surface area contributed by atoms with Crippen LogP contribution >= 0.6 is 0 Å². The van der Waals surface area contributed by atoms with Crippen molar-refractivity contribution < 1.29 is 24.2 Å². The average Bonchev–Trinajstić information content (AvgIpc) is 3.11. The summed E-state index contributed by atoms with van der Waals surface area (Å²) in [7, 11) is 1.39. The minimum absolute atomic E-state index is 0.0946. The highest BCUT2D eigenvalue weighted by atomic mass is 16.6. The smallest absolute Gasteiger partial charge is 0.408 e. The maximum absolute atomic E-state index is 12.7. The van der Waals surface area contributed by atoms with Crippen molar-refractivity contribution >= 4 is 12.1 Å². The van der Waals surface area contributed by atoms with Crippen molar-refractivity contribution in [1.29, 1.82) is 0 Å². The van der Waals surface area contributed by atoms with Crippen LogP contribution < -0.4 is 5.32 Å². The van der Waals surface area contributed by atoms with Gasteiger partial charge in [-0.2, -0.15) is 0 Å². The summed E-state index contributed by atoms with van der Waals surface area (Å²) in [5.74, 6) is -1.34. The minimum Gasteiger partial charge on any atom is -0.479 e. The van der Waals surface area contributed by atoms with Crippen molar-refractivity contribution in [2.24, 2.45) is 0 Å². The zero-order valence-electron chi connectivity index (χ0n) is 17.1. The van der Waals surface area contributed by atoms with E-state index in [0.717, 1.165) is 22.3 Å². The number of fused-ring (bicyclic) bond motifs is 3. The summed E-state index contributed by atoms with van der Waals surface area (Å²) in [4.78, 5) is 24.9. The fraction of sp³-hybridized carbons (Fsp3) is 0.200. The Labute approximate surface area is 180 Å². The number of methoxy groups -OCH3 is 1. The molecule has 31 heavy (non-hydrogen) atoms. The van der Waals surface area contributed by atoms with Crippen molar-refractivity contribution in [2.75, 3.05) is 20.3 Å². The molecule has 0 aliphatic heterocycles. The van der Waals surface area contributed by atoms with E-state index in [0.29, 0.717) is 5.56 Å². The molecule has 0 radical (unpaired) electrons. The lowest BCUT2D eigenvalue weighted by Gasteiger charge is -2.30. The normalized spacial score (nSPS) is 14.2. The number of carboxylic acid groups (broad SMARTS) is 1. The third-order valence-corrected chi connectivity index (χ3v) is 5.65. The standard InChI is InChI=1S/C25H23NO5/c1-30-16-25(23(27)28,17-9-3-2-4-10-17)26-24(29)31-15-22-20-13-7-5-11-18(20)19-12-6-8-14-21(19)22/h2-14,22H,15-16H2,1H3,(H,26,29)(H,27,28). The van der Waals surface area contributed by atoms with Gasteiger partial charge in [0.05, 0.1) is 6.61 Å². The first-order chi connectivity index (χ1) is 15.1. The van der Waals surface area contributed by atoms with Gasteiger partial charge in [0, 0.05) is 13.0 Å². The molecule has 3 aromatic carbocycles. The van der Waals surface area contributed by atoms with Gasteiger partial charge >= 0.3 is 12.1 Å². The fourth-order valence-corrected chi connectivity index (χ4v) is 4.18. The molecule has 0 spiro atoms. The van der Waals surface area contributed by atoms with Gasteiger partial charge in [-0.05, 0) is 27.8 Å². The van der Waals surface area contributed by atoms with E-state index in [2.05, 4.69) is 17.4 Å². The number of aliphatic carboxylic acids is 1. The van der Waals surface area contributed by atoms with E-state index in [-0.39, 0.29) is 19.1 Å². The van der Waals surface area contributed by atoms with Gasteiger partial charge in [0.2, 0.25) is 0 Å². The highest BCUT2D eigenvalue weighted by Crippen LogP contribution is 2.44. The van der Waals surface area contributed by atoms with Gasteiger partial charge in [-0.15, -0.1) is 0 Å². The minimum atomic E-state index is -1.75. The molecule has 158 valence electrons. The number of rotatable bonds is 7. The molecular weight excluding hydrogens is 394 g/mol. The number of nitrogens with one attached hydrogen (secondary N) is 1. The summed E-state index contributed by atoms with van der Waals surface area (Å²) < 4.78 is 10.7. The van der Waals surface area contributed by atoms with Gasteiger partial charge in [-0.1, -0.05) is 78.9 Å². The SMILES string of the molecule is COCC(NC(=O)OCC1c2ccccc2-c2ccccc21)(C(=O)O)c1ccccc1. The molecular formula is C25H23NO5. The van der Waals surface area contributed by atoms with Crippen LogP contribution in [0.2, 0.25) is 0 Å². The van der Waals surface area contributed by atoms with Crippen LogP contribution in [-0.2, 0) is 19.8 Å². The lowest BCUT2D eigenvalue weighted by Crippen LogP contribution is -2.55. The number of carboxylic acids is 1. The molecule has 0 heterocycles. The maximum Gasteiger partial charge on any atom is 0.408 e. The predicted octanol–water partition coefficient (Wildman–Crippen LogP) is 4.15. The molecule has 6 heteroatoms. The molecule has 1 unspecified atom stereocenters. The maximum atomic E-state index is 12.7. The lowest BCUT2D eigenvalue weighted by atomic mass is 9.91. The number of carbonyl (C=O) groups is 2. The van der Waals surface area contributed by atoms with Crippen LogP contribution in [0, 0.1) is 0 Å². The molecule has 1 atom stereocenters. The van der Waals surface area contributed by atoms with Crippen LogP contribution in [0.1, 0.15) is 22.6 Å². The van der Waals surface area contributed by atoms with E-state index in [1.165, 1.54) is 7.11 Å². The molecule has 4 rings (SSSR count). The summed E-state index contributed by atoms with van der Waals surface area (Å²) in [6.07, 6.45) is -0.815. The van der Waals surface area contributed by atoms with Crippen molar-refractivity contribution in [3.63, 3.8) is 0 Å². The number of amides is 1. The Morgan fingerprint density at radius 2 is 1.45 bits per heavy atom. The number of carbonyl (C=O) groups excluding carboxylic acids is 1. The number of benzene rings is 3. The van der Waals surface area contributed by atoms with Crippen molar-refractivity contribution in [1.82, 2.24) is 5.32 Å². The monoisotopic (exact) mass is 417 g/mol. The summed E-state index contributed by atoms with van der Waals surface area (Å²) in [5, 5.41) is 12.5.